The lowest BCUT2D eigenvalue weighted by molar-refractivity contribution is 0.268. The van der Waals surface area contributed by atoms with E-state index in [1.165, 1.54) is 18.4 Å². The molecule has 7 heteroatoms. The second-order valence-electron chi connectivity index (χ2n) is 4.90. The van der Waals surface area contributed by atoms with E-state index in [0.29, 0.717) is 16.4 Å². The molecule has 5 N–H and O–H groups in total. The van der Waals surface area contributed by atoms with Crippen molar-refractivity contribution in [2.45, 2.75) is 4.90 Å². The van der Waals surface area contributed by atoms with E-state index in [9.17, 15) is 9.00 Å². The topological polar surface area (TPSA) is 98.2 Å². The summed E-state index contributed by atoms with van der Waals surface area (Å²) in [5.74, 6) is 0. The first-order valence-electron chi connectivity index (χ1n) is 6.04. The second-order valence-corrected chi connectivity index (χ2v) is 9.00. The van der Waals surface area contributed by atoms with Crippen molar-refractivity contribution < 1.29 is 9.00 Å². The number of halogens is 1. The van der Waals surface area contributed by atoms with Gasteiger partial charge in [-0.25, -0.2) is 0 Å². The van der Waals surface area contributed by atoms with E-state index in [4.69, 9.17) is 22.5 Å². The highest BCUT2D eigenvalue weighted by molar-refractivity contribution is 8.30. The third-order valence-electron chi connectivity index (χ3n) is 3.00. The van der Waals surface area contributed by atoms with Crippen molar-refractivity contribution in [2.24, 2.45) is 5.14 Å². The molecule has 0 saturated carbocycles. The molecule has 0 radical (unpaired) electrons. The van der Waals surface area contributed by atoms with Gasteiger partial charge in [0.1, 0.15) is 0 Å². The lowest BCUT2D eigenvalue weighted by atomic mass is 10.3. The third kappa shape index (κ3) is 3.24. The number of nitrogens with two attached hydrogens (primary N) is 2. The Balaban J connectivity index is 2.35. The van der Waals surface area contributed by atoms with Crippen LogP contribution in [0.15, 0.2) is 53.4 Å². The molecule has 2 aromatic rings. The maximum absolute atomic E-state index is 13.0. The Bertz CT molecular complexity index is 753. The summed E-state index contributed by atoms with van der Waals surface area (Å²) in [6, 6.07) is 12.6. The van der Waals surface area contributed by atoms with E-state index < -0.39 is 14.5 Å². The number of nitrogens with one attached hydrogen (secondary N) is 1. The normalized spacial score (nSPS) is 13.2. The van der Waals surface area contributed by atoms with Gasteiger partial charge in [-0.05, 0) is 42.5 Å². The van der Waals surface area contributed by atoms with Gasteiger partial charge in [-0.15, -0.1) is 0 Å². The largest absolute Gasteiger partial charge is 0.399 e. The summed E-state index contributed by atoms with van der Waals surface area (Å²) in [5.41, 5.74) is 6.51. The molecular formula is C14H16ClN3O2S. The molecule has 5 nitrogen and oxygen atoms in total. The predicted octanol–water partition coefficient (Wildman–Crippen LogP) is 2.84. The van der Waals surface area contributed by atoms with E-state index in [-0.39, 0.29) is 4.90 Å². The fourth-order valence-corrected chi connectivity index (χ4v) is 3.31. The van der Waals surface area contributed by atoms with Crippen LogP contribution in [0.3, 0.4) is 0 Å². The average molecular weight is 326 g/mol. The Morgan fingerprint density at radius 1 is 1.19 bits per heavy atom. The van der Waals surface area contributed by atoms with Gasteiger partial charge in [-0.1, -0.05) is 17.7 Å². The number of benzene rings is 2. The summed E-state index contributed by atoms with van der Waals surface area (Å²) in [4.78, 5) is 12.6. The summed E-state index contributed by atoms with van der Waals surface area (Å²) in [6.45, 7) is 0. The minimum absolute atomic E-state index is 0.223. The number of rotatable bonds is 2. The minimum Gasteiger partial charge on any atom is -0.399 e. The summed E-state index contributed by atoms with van der Waals surface area (Å²) < 4.78 is 13.0. The van der Waals surface area contributed by atoms with Crippen LogP contribution >= 0.6 is 11.6 Å². The molecule has 0 fully saturated rings. The number of amides is 1. The maximum Gasteiger partial charge on any atom is 0.308 e. The van der Waals surface area contributed by atoms with Crippen LogP contribution in [0.5, 0.6) is 0 Å². The van der Waals surface area contributed by atoms with Crippen LogP contribution in [0.1, 0.15) is 0 Å². The molecule has 0 bridgehead atoms. The quantitative estimate of drug-likeness (QED) is 0.740. The van der Waals surface area contributed by atoms with E-state index in [1.54, 1.807) is 36.4 Å². The molecule has 0 atom stereocenters. The van der Waals surface area contributed by atoms with Gasteiger partial charge in [0.05, 0.1) is 0 Å². The fraction of sp³-hybridized carbons (Fsp3) is 0.0714. The molecule has 0 aliphatic carbocycles. The Morgan fingerprint density at radius 3 is 2.38 bits per heavy atom. The van der Waals surface area contributed by atoms with Crippen molar-refractivity contribution in [1.29, 1.82) is 0 Å². The molecule has 1 amide bonds. The fourth-order valence-electron chi connectivity index (χ4n) is 1.72. The van der Waals surface area contributed by atoms with Crippen LogP contribution in [0.25, 0.3) is 0 Å². The molecule has 0 unspecified atom stereocenters. The Morgan fingerprint density at radius 2 is 1.81 bits per heavy atom. The molecule has 0 aromatic heterocycles. The number of hydrogen-bond donors (Lipinski definition) is 3. The SMILES string of the molecule is CS(N)(=O)(C(=O)Nc1cccc(Cl)c1)c1ccc(N)cc1. The zero-order chi connectivity index (χ0) is 15.7. The Hall–Kier alpha value is -1.89. The first kappa shape index (κ1) is 15.5. The highest BCUT2D eigenvalue weighted by Gasteiger charge is 2.37. The molecule has 0 aliphatic rings. The molecule has 0 spiro atoms. The van der Waals surface area contributed by atoms with Crippen molar-refractivity contribution >= 4 is 37.5 Å². The highest BCUT2D eigenvalue weighted by atomic mass is 35.5. The predicted molar refractivity (Wildman–Crippen MR) is 87.8 cm³/mol. The van der Waals surface area contributed by atoms with Crippen molar-refractivity contribution in [3.8, 4) is 0 Å². The summed E-state index contributed by atoms with van der Waals surface area (Å²) in [6.07, 6.45) is 1.22. The molecule has 112 valence electrons. The highest BCUT2D eigenvalue weighted by Crippen LogP contribution is 2.29. The van der Waals surface area contributed by atoms with Crippen molar-refractivity contribution in [3.63, 3.8) is 0 Å². The van der Waals surface area contributed by atoms with E-state index in [1.807, 2.05) is 0 Å². The van der Waals surface area contributed by atoms with Gasteiger partial charge in [0.25, 0.3) is 0 Å². The molecule has 2 aromatic carbocycles. The van der Waals surface area contributed by atoms with Crippen LogP contribution in [0.2, 0.25) is 5.02 Å². The van der Waals surface area contributed by atoms with Gasteiger partial charge in [0.2, 0.25) is 0 Å². The smallest absolute Gasteiger partial charge is 0.308 e. The van der Waals surface area contributed by atoms with Crippen molar-refractivity contribution in [1.82, 2.24) is 0 Å². The Labute approximate surface area is 127 Å². The average Bonchev–Trinajstić information content (AvgIpc) is 2.38. The van der Waals surface area contributed by atoms with Gasteiger partial charge in [0, 0.05) is 36.8 Å². The number of anilines is 2. The first-order chi connectivity index (χ1) is 9.67. The van der Waals surface area contributed by atoms with Crippen LogP contribution in [0.4, 0.5) is 16.2 Å². The minimum atomic E-state index is -4.21. The second kappa shape index (κ2) is 5.14. The van der Waals surface area contributed by atoms with Gasteiger partial charge in [-0.2, -0.15) is 0 Å². The number of carbonyl (C=O) groups is 1. The molecule has 0 heterocycles. The van der Waals surface area contributed by atoms with Crippen LogP contribution in [-0.2, 0) is 9.25 Å². The lowest BCUT2D eigenvalue weighted by Gasteiger charge is -2.32. The molecule has 2 rings (SSSR count). The van der Waals surface area contributed by atoms with E-state index in [2.05, 4.69) is 5.32 Å². The van der Waals surface area contributed by atoms with E-state index >= 15 is 0 Å². The number of carbonyl (C=O) groups excluding carboxylic acids is 1. The van der Waals surface area contributed by atoms with Crippen LogP contribution < -0.4 is 16.2 Å². The lowest BCUT2D eigenvalue weighted by Crippen LogP contribution is -2.51. The summed E-state index contributed by atoms with van der Waals surface area (Å²) in [5, 5.41) is 8.14. The standard InChI is InChI=1S/C14H16ClN3O2S/c1-21(17,20,13-7-5-11(16)6-8-13)14(19)18-12-4-2-3-10(15)9-12/h2-9H,16H2,1H3,(H2,17,20)(H,18,19). The molecule has 0 aliphatic heterocycles. The monoisotopic (exact) mass is 325 g/mol. The van der Waals surface area contributed by atoms with Gasteiger partial charge >= 0.3 is 5.24 Å². The van der Waals surface area contributed by atoms with Crippen LogP contribution in [0, 0.1) is 0 Å². The van der Waals surface area contributed by atoms with Crippen LogP contribution in [-0.4, -0.2) is 15.7 Å². The Kier molecular flexibility index (Phi) is 3.79. The van der Waals surface area contributed by atoms with Gasteiger partial charge in [0.15, 0.2) is 0 Å². The first-order valence-corrected chi connectivity index (χ1v) is 8.86. The summed E-state index contributed by atoms with van der Waals surface area (Å²) in [7, 11) is -4.21. The zero-order valence-corrected chi connectivity index (χ0v) is 12.9. The van der Waals surface area contributed by atoms with E-state index in [0.717, 1.165) is 0 Å². The number of nitrogen functional groups attached to an aromatic ring is 1. The molecule has 21 heavy (non-hydrogen) atoms. The summed E-state index contributed by atoms with van der Waals surface area (Å²) >= 11 is 5.85. The molecule has 0 saturated heterocycles. The zero-order valence-electron chi connectivity index (χ0n) is 11.4. The molecular weight excluding hydrogens is 310 g/mol. The van der Waals surface area contributed by atoms with Gasteiger partial charge in [-0.3, -0.25) is 14.1 Å². The maximum atomic E-state index is 13.0. The van der Waals surface area contributed by atoms with Gasteiger partial charge < -0.3 is 11.1 Å². The van der Waals surface area contributed by atoms with Crippen molar-refractivity contribution in [3.05, 3.63) is 53.6 Å². The third-order valence-corrected chi connectivity index (χ3v) is 5.70. The number of hydrogen-bond acceptors (Lipinski definition) is 3. The van der Waals surface area contributed by atoms with Crippen molar-refractivity contribution in [2.75, 3.05) is 17.3 Å².